The SMILES string of the molecule is Cc1cccc(S(=O)CCOc2ccc(CC#N)cc2)c1. The fraction of sp³-hybridized carbons (Fsp3) is 0.235. The van der Waals surface area contributed by atoms with Crippen molar-refractivity contribution in [3.05, 3.63) is 59.7 Å². The van der Waals surface area contributed by atoms with Crippen molar-refractivity contribution in [1.29, 1.82) is 5.26 Å². The van der Waals surface area contributed by atoms with Crippen LogP contribution in [-0.2, 0) is 17.2 Å². The van der Waals surface area contributed by atoms with E-state index in [1.165, 1.54) is 0 Å². The Morgan fingerprint density at radius 1 is 1.19 bits per heavy atom. The highest BCUT2D eigenvalue weighted by Gasteiger charge is 2.04. The largest absolute Gasteiger partial charge is 0.493 e. The standard InChI is InChI=1S/C17H17NO2S/c1-14-3-2-4-17(13-14)21(19)12-11-20-16-7-5-15(6-8-16)9-10-18/h2-8,13H,9,11-12H2,1H3. The van der Waals surface area contributed by atoms with Crippen molar-refractivity contribution in [3.63, 3.8) is 0 Å². The molecule has 1 atom stereocenters. The molecule has 0 aliphatic carbocycles. The van der Waals surface area contributed by atoms with E-state index >= 15 is 0 Å². The van der Waals surface area contributed by atoms with Gasteiger partial charge in [0.2, 0.25) is 0 Å². The number of hydrogen-bond donors (Lipinski definition) is 0. The van der Waals surface area contributed by atoms with Crippen LogP contribution in [0.1, 0.15) is 11.1 Å². The molecule has 1 unspecified atom stereocenters. The summed E-state index contributed by atoms with van der Waals surface area (Å²) in [7, 11) is -1.04. The number of ether oxygens (including phenoxy) is 1. The molecular weight excluding hydrogens is 282 g/mol. The highest BCUT2D eigenvalue weighted by atomic mass is 32.2. The van der Waals surface area contributed by atoms with Gasteiger partial charge in [0.15, 0.2) is 0 Å². The third-order valence-corrected chi connectivity index (χ3v) is 4.31. The first-order valence-electron chi connectivity index (χ1n) is 6.73. The Morgan fingerprint density at radius 2 is 1.95 bits per heavy atom. The number of benzene rings is 2. The summed E-state index contributed by atoms with van der Waals surface area (Å²) in [5.74, 6) is 1.20. The summed E-state index contributed by atoms with van der Waals surface area (Å²) in [6, 6.07) is 17.2. The lowest BCUT2D eigenvalue weighted by Gasteiger charge is -2.07. The molecule has 0 heterocycles. The second kappa shape index (κ2) is 7.61. The van der Waals surface area contributed by atoms with Crippen LogP contribution in [0.4, 0.5) is 0 Å². The van der Waals surface area contributed by atoms with Gasteiger partial charge >= 0.3 is 0 Å². The number of nitriles is 1. The quantitative estimate of drug-likeness (QED) is 0.822. The molecular formula is C17H17NO2S. The van der Waals surface area contributed by atoms with E-state index in [1.54, 1.807) is 0 Å². The summed E-state index contributed by atoms with van der Waals surface area (Å²) >= 11 is 0. The highest BCUT2D eigenvalue weighted by molar-refractivity contribution is 7.85. The molecule has 2 aromatic rings. The first-order valence-corrected chi connectivity index (χ1v) is 8.04. The van der Waals surface area contributed by atoms with E-state index in [0.717, 1.165) is 21.8 Å². The van der Waals surface area contributed by atoms with E-state index in [0.29, 0.717) is 18.8 Å². The molecule has 0 saturated carbocycles. The van der Waals surface area contributed by atoms with Crippen molar-refractivity contribution in [2.75, 3.05) is 12.4 Å². The Labute approximate surface area is 127 Å². The molecule has 4 heteroatoms. The van der Waals surface area contributed by atoms with E-state index in [-0.39, 0.29) is 0 Å². The van der Waals surface area contributed by atoms with Crippen LogP contribution in [0.25, 0.3) is 0 Å². The van der Waals surface area contributed by atoms with Crippen LogP contribution >= 0.6 is 0 Å². The van der Waals surface area contributed by atoms with Gasteiger partial charge in [-0.05, 0) is 42.3 Å². The van der Waals surface area contributed by atoms with Gasteiger partial charge in [-0.25, -0.2) is 0 Å². The molecule has 0 radical (unpaired) electrons. The summed E-state index contributed by atoms with van der Waals surface area (Å²) in [6.45, 7) is 2.39. The van der Waals surface area contributed by atoms with E-state index in [9.17, 15) is 4.21 Å². The molecule has 0 amide bonds. The van der Waals surface area contributed by atoms with Gasteiger partial charge in [-0.2, -0.15) is 5.26 Å². The lowest BCUT2D eigenvalue weighted by atomic mass is 10.2. The molecule has 0 bridgehead atoms. The minimum absolute atomic E-state index is 0.400. The molecule has 108 valence electrons. The monoisotopic (exact) mass is 299 g/mol. The first kappa shape index (κ1) is 15.3. The fourth-order valence-corrected chi connectivity index (χ4v) is 2.92. The predicted molar refractivity (Wildman–Crippen MR) is 83.7 cm³/mol. The van der Waals surface area contributed by atoms with Crippen molar-refractivity contribution in [2.24, 2.45) is 0 Å². The second-order valence-electron chi connectivity index (χ2n) is 4.69. The molecule has 2 aromatic carbocycles. The fourth-order valence-electron chi connectivity index (χ4n) is 1.90. The zero-order valence-electron chi connectivity index (χ0n) is 11.9. The van der Waals surface area contributed by atoms with Crippen molar-refractivity contribution in [1.82, 2.24) is 0 Å². The number of aryl methyl sites for hydroxylation is 1. The average Bonchev–Trinajstić information content (AvgIpc) is 2.49. The molecule has 0 N–H and O–H groups in total. The third-order valence-electron chi connectivity index (χ3n) is 3.00. The van der Waals surface area contributed by atoms with E-state index in [1.807, 2.05) is 55.5 Å². The van der Waals surface area contributed by atoms with Gasteiger partial charge in [0, 0.05) is 4.90 Å². The van der Waals surface area contributed by atoms with E-state index in [4.69, 9.17) is 10.00 Å². The maximum Gasteiger partial charge on any atom is 0.119 e. The Bertz CT molecular complexity index is 659. The zero-order chi connectivity index (χ0) is 15.1. The lowest BCUT2D eigenvalue weighted by molar-refractivity contribution is 0.342. The number of nitrogens with zero attached hydrogens (tertiary/aromatic N) is 1. The molecule has 21 heavy (non-hydrogen) atoms. The Hall–Kier alpha value is -2.12. The van der Waals surface area contributed by atoms with Crippen molar-refractivity contribution >= 4 is 10.8 Å². The summed E-state index contributed by atoms with van der Waals surface area (Å²) in [5.41, 5.74) is 2.07. The van der Waals surface area contributed by atoms with Gasteiger partial charge in [-0.1, -0.05) is 24.3 Å². The van der Waals surface area contributed by atoms with Gasteiger partial charge < -0.3 is 4.74 Å². The van der Waals surface area contributed by atoms with Gasteiger partial charge in [0.1, 0.15) is 12.4 Å². The van der Waals surface area contributed by atoms with Crippen LogP contribution in [0.2, 0.25) is 0 Å². The molecule has 0 spiro atoms. The summed E-state index contributed by atoms with van der Waals surface area (Å²) in [6.07, 6.45) is 0.400. The Kier molecular flexibility index (Phi) is 5.53. The second-order valence-corrected chi connectivity index (χ2v) is 6.26. The Morgan fingerprint density at radius 3 is 2.62 bits per heavy atom. The number of rotatable bonds is 6. The Balaban J connectivity index is 1.84. The summed E-state index contributed by atoms with van der Waals surface area (Å²) in [4.78, 5) is 0.836. The van der Waals surface area contributed by atoms with Crippen molar-refractivity contribution in [2.45, 2.75) is 18.2 Å². The first-order chi connectivity index (χ1) is 10.2. The van der Waals surface area contributed by atoms with E-state index in [2.05, 4.69) is 6.07 Å². The van der Waals surface area contributed by atoms with Crippen LogP contribution < -0.4 is 4.74 Å². The van der Waals surface area contributed by atoms with Crippen LogP contribution in [0.5, 0.6) is 5.75 Å². The minimum Gasteiger partial charge on any atom is -0.493 e. The summed E-state index contributed by atoms with van der Waals surface area (Å²) in [5, 5.41) is 8.60. The predicted octanol–water partition coefficient (Wildman–Crippen LogP) is 3.25. The molecule has 0 fully saturated rings. The van der Waals surface area contributed by atoms with Crippen LogP contribution in [-0.4, -0.2) is 16.6 Å². The highest BCUT2D eigenvalue weighted by Crippen LogP contribution is 2.13. The topological polar surface area (TPSA) is 50.1 Å². The van der Waals surface area contributed by atoms with Crippen LogP contribution in [0.15, 0.2) is 53.4 Å². The van der Waals surface area contributed by atoms with Gasteiger partial charge in [0.05, 0.1) is 29.0 Å². The van der Waals surface area contributed by atoms with Crippen LogP contribution in [0, 0.1) is 18.3 Å². The molecule has 0 saturated heterocycles. The molecule has 0 aliphatic rings. The number of hydrogen-bond acceptors (Lipinski definition) is 3. The normalized spacial score (nSPS) is 11.6. The zero-order valence-corrected chi connectivity index (χ0v) is 12.7. The van der Waals surface area contributed by atoms with Gasteiger partial charge in [-0.15, -0.1) is 0 Å². The smallest absolute Gasteiger partial charge is 0.119 e. The lowest BCUT2D eigenvalue weighted by Crippen LogP contribution is -2.08. The third kappa shape index (κ3) is 4.73. The molecule has 2 rings (SSSR count). The summed E-state index contributed by atoms with van der Waals surface area (Å²) < 4.78 is 17.7. The van der Waals surface area contributed by atoms with E-state index < -0.39 is 10.8 Å². The molecule has 0 aromatic heterocycles. The minimum atomic E-state index is -1.04. The maximum atomic E-state index is 12.1. The molecule has 0 aliphatic heterocycles. The molecule has 3 nitrogen and oxygen atoms in total. The van der Waals surface area contributed by atoms with Crippen molar-refractivity contribution in [3.8, 4) is 11.8 Å². The van der Waals surface area contributed by atoms with Crippen molar-refractivity contribution < 1.29 is 8.95 Å². The van der Waals surface area contributed by atoms with Gasteiger partial charge in [-0.3, -0.25) is 4.21 Å². The average molecular weight is 299 g/mol. The van der Waals surface area contributed by atoms with Crippen LogP contribution in [0.3, 0.4) is 0 Å². The van der Waals surface area contributed by atoms with Gasteiger partial charge in [0.25, 0.3) is 0 Å². The maximum absolute atomic E-state index is 12.1.